The van der Waals surface area contributed by atoms with Crippen molar-refractivity contribution in [3.8, 4) is 17.2 Å². The van der Waals surface area contributed by atoms with Gasteiger partial charge in [0.15, 0.2) is 0 Å². The molecule has 0 aliphatic heterocycles. The van der Waals surface area contributed by atoms with Gasteiger partial charge in [-0.15, -0.1) is 10.2 Å². The Morgan fingerprint density at radius 2 is 1.96 bits per heavy atom. The summed E-state index contributed by atoms with van der Waals surface area (Å²) >= 11 is 0. The first-order chi connectivity index (χ1) is 11.6. The Hall–Kier alpha value is -2.78. The second-order valence-corrected chi connectivity index (χ2v) is 6.51. The zero-order valence-electron chi connectivity index (χ0n) is 12.7. The molecule has 9 heteroatoms. The van der Waals surface area contributed by atoms with Crippen LogP contribution in [0.2, 0.25) is 0 Å². The number of methoxy groups -OCH3 is 1. The van der Waals surface area contributed by atoms with E-state index in [1.807, 2.05) is 0 Å². The van der Waals surface area contributed by atoms with E-state index in [2.05, 4.69) is 19.9 Å². The summed E-state index contributed by atoms with van der Waals surface area (Å²) in [4.78, 5) is 4.08. The van der Waals surface area contributed by atoms with Crippen LogP contribution in [0.4, 0.5) is 0 Å². The van der Waals surface area contributed by atoms with Crippen LogP contribution in [0.15, 0.2) is 58.1 Å². The van der Waals surface area contributed by atoms with Crippen molar-refractivity contribution < 1.29 is 17.6 Å². The van der Waals surface area contributed by atoms with E-state index >= 15 is 0 Å². The molecule has 0 amide bonds. The molecule has 3 aromatic rings. The highest BCUT2D eigenvalue weighted by Crippen LogP contribution is 2.17. The van der Waals surface area contributed by atoms with Gasteiger partial charge in [0.2, 0.25) is 21.8 Å². The van der Waals surface area contributed by atoms with Gasteiger partial charge in [-0.3, -0.25) is 4.98 Å². The fourth-order valence-corrected chi connectivity index (χ4v) is 2.90. The summed E-state index contributed by atoms with van der Waals surface area (Å²) in [6, 6.07) is 9.56. The highest BCUT2D eigenvalue weighted by Gasteiger charge is 2.16. The van der Waals surface area contributed by atoms with Gasteiger partial charge in [0.05, 0.1) is 24.1 Å². The first kappa shape index (κ1) is 16.1. The van der Waals surface area contributed by atoms with Crippen molar-refractivity contribution in [2.45, 2.75) is 11.4 Å². The van der Waals surface area contributed by atoms with Gasteiger partial charge in [0.25, 0.3) is 0 Å². The predicted octanol–water partition coefficient (Wildman–Crippen LogP) is 1.62. The fourth-order valence-electron chi connectivity index (χ4n) is 1.93. The Bertz CT molecular complexity index is 908. The van der Waals surface area contributed by atoms with Gasteiger partial charge in [0, 0.05) is 12.4 Å². The molecule has 2 heterocycles. The van der Waals surface area contributed by atoms with Gasteiger partial charge < -0.3 is 9.15 Å². The maximum absolute atomic E-state index is 12.2. The molecule has 1 N–H and O–H groups in total. The molecule has 0 unspecified atom stereocenters. The lowest BCUT2D eigenvalue weighted by atomic mass is 10.3. The van der Waals surface area contributed by atoms with Crippen molar-refractivity contribution in [1.29, 1.82) is 0 Å². The molecule has 0 aliphatic rings. The average molecular weight is 346 g/mol. The van der Waals surface area contributed by atoms with Crippen molar-refractivity contribution in [1.82, 2.24) is 19.9 Å². The van der Waals surface area contributed by atoms with E-state index in [9.17, 15) is 8.42 Å². The van der Waals surface area contributed by atoms with E-state index in [1.165, 1.54) is 19.2 Å². The highest BCUT2D eigenvalue weighted by molar-refractivity contribution is 7.89. The molecule has 0 bridgehead atoms. The highest BCUT2D eigenvalue weighted by atomic mass is 32.2. The van der Waals surface area contributed by atoms with E-state index < -0.39 is 10.0 Å². The summed E-state index contributed by atoms with van der Waals surface area (Å²) in [6.45, 7) is -0.109. The molecule has 0 atom stereocenters. The number of rotatable bonds is 6. The minimum absolute atomic E-state index is 0.109. The number of aromatic nitrogens is 3. The van der Waals surface area contributed by atoms with Crippen molar-refractivity contribution in [3.05, 3.63) is 54.7 Å². The van der Waals surface area contributed by atoms with Crippen molar-refractivity contribution in [2.24, 2.45) is 0 Å². The van der Waals surface area contributed by atoms with Crippen LogP contribution in [-0.4, -0.2) is 30.7 Å². The molecule has 0 aliphatic carbocycles. The number of nitrogens with zero attached hydrogens (tertiary/aromatic N) is 3. The quantitative estimate of drug-likeness (QED) is 0.722. The number of benzene rings is 1. The Morgan fingerprint density at radius 1 is 1.17 bits per heavy atom. The number of ether oxygens (including phenoxy) is 1. The van der Waals surface area contributed by atoms with E-state index in [4.69, 9.17) is 9.15 Å². The molecule has 0 saturated carbocycles. The summed E-state index contributed by atoms with van der Waals surface area (Å²) in [6.07, 6.45) is 3.21. The van der Waals surface area contributed by atoms with Gasteiger partial charge in [-0.1, -0.05) is 0 Å². The first-order valence-corrected chi connectivity index (χ1v) is 8.43. The molecular formula is C15H14N4O4S. The monoisotopic (exact) mass is 346 g/mol. The summed E-state index contributed by atoms with van der Waals surface area (Å²) < 4.78 is 37.3. The molecule has 0 radical (unpaired) electrons. The van der Waals surface area contributed by atoms with Crippen LogP contribution in [0, 0.1) is 0 Å². The number of nitrogens with one attached hydrogen (secondary N) is 1. The molecule has 124 valence electrons. The van der Waals surface area contributed by atoms with Crippen LogP contribution in [-0.2, 0) is 16.6 Å². The van der Waals surface area contributed by atoms with Crippen LogP contribution in [0.1, 0.15) is 5.89 Å². The molecule has 0 saturated heterocycles. The zero-order valence-corrected chi connectivity index (χ0v) is 13.5. The van der Waals surface area contributed by atoms with Crippen molar-refractivity contribution >= 4 is 10.0 Å². The maximum atomic E-state index is 12.2. The molecule has 2 aromatic heterocycles. The molecule has 0 fully saturated rings. The Morgan fingerprint density at radius 3 is 2.62 bits per heavy atom. The van der Waals surface area contributed by atoms with E-state index in [0.717, 1.165) is 0 Å². The molecule has 3 rings (SSSR count). The third-order valence-electron chi connectivity index (χ3n) is 3.16. The van der Waals surface area contributed by atoms with Gasteiger partial charge >= 0.3 is 0 Å². The van der Waals surface area contributed by atoms with Gasteiger partial charge in [-0.25, -0.2) is 13.1 Å². The largest absolute Gasteiger partial charge is 0.497 e. The molecular weight excluding hydrogens is 332 g/mol. The van der Waals surface area contributed by atoms with Crippen LogP contribution >= 0.6 is 0 Å². The minimum Gasteiger partial charge on any atom is -0.497 e. The van der Waals surface area contributed by atoms with Gasteiger partial charge in [-0.2, -0.15) is 0 Å². The molecule has 1 aromatic carbocycles. The average Bonchev–Trinajstić information content (AvgIpc) is 3.10. The van der Waals surface area contributed by atoms with Crippen LogP contribution in [0.5, 0.6) is 5.75 Å². The third kappa shape index (κ3) is 3.58. The van der Waals surface area contributed by atoms with E-state index in [0.29, 0.717) is 11.3 Å². The second-order valence-electron chi connectivity index (χ2n) is 4.74. The first-order valence-electron chi connectivity index (χ1n) is 6.95. The minimum atomic E-state index is -3.68. The number of hydrogen-bond acceptors (Lipinski definition) is 7. The van der Waals surface area contributed by atoms with E-state index in [-0.39, 0.29) is 23.2 Å². The van der Waals surface area contributed by atoms with Crippen molar-refractivity contribution in [3.63, 3.8) is 0 Å². The van der Waals surface area contributed by atoms with E-state index in [1.54, 1.807) is 36.7 Å². The number of sulfonamides is 1. The van der Waals surface area contributed by atoms with Crippen LogP contribution in [0.25, 0.3) is 11.5 Å². The predicted molar refractivity (Wildman–Crippen MR) is 84.5 cm³/mol. The molecule has 8 nitrogen and oxygen atoms in total. The summed E-state index contributed by atoms with van der Waals surface area (Å²) in [5, 5.41) is 7.70. The van der Waals surface area contributed by atoms with Gasteiger partial charge in [0.1, 0.15) is 5.75 Å². The number of pyridine rings is 1. The Balaban J connectivity index is 1.69. The Kier molecular flexibility index (Phi) is 4.54. The summed E-state index contributed by atoms with van der Waals surface area (Å²) in [5.74, 6) is 1.01. The summed E-state index contributed by atoms with van der Waals surface area (Å²) in [5.41, 5.74) is 0.661. The molecule has 0 spiro atoms. The lowest BCUT2D eigenvalue weighted by Crippen LogP contribution is -2.23. The lowest BCUT2D eigenvalue weighted by Gasteiger charge is -2.05. The van der Waals surface area contributed by atoms with Crippen molar-refractivity contribution in [2.75, 3.05) is 7.11 Å². The summed E-state index contributed by atoms with van der Waals surface area (Å²) in [7, 11) is -2.17. The standard InChI is InChI=1S/C15H14N4O4S/c1-22-12-4-6-13(7-5-12)24(20,21)17-10-14-18-19-15(23-14)11-3-2-8-16-9-11/h2-9,17H,10H2,1H3. The normalized spacial score (nSPS) is 11.4. The third-order valence-corrected chi connectivity index (χ3v) is 4.58. The Labute approximate surface area is 138 Å². The second kappa shape index (κ2) is 6.77. The van der Waals surface area contributed by atoms with Crippen LogP contribution < -0.4 is 9.46 Å². The zero-order chi connectivity index (χ0) is 17.0. The topological polar surface area (TPSA) is 107 Å². The smallest absolute Gasteiger partial charge is 0.249 e. The SMILES string of the molecule is COc1ccc(S(=O)(=O)NCc2nnc(-c3cccnc3)o2)cc1. The van der Waals surface area contributed by atoms with Crippen LogP contribution in [0.3, 0.4) is 0 Å². The molecule has 24 heavy (non-hydrogen) atoms. The maximum Gasteiger partial charge on any atom is 0.249 e. The number of hydrogen-bond donors (Lipinski definition) is 1. The fraction of sp³-hybridized carbons (Fsp3) is 0.133. The lowest BCUT2D eigenvalue weighted by molar-refractivity contribution is 0.414. The van der Waals surface area contributed by atoms with Gasteiger partial charge in [-0.05, 0) is 36.4 Å².